The van der Waals surface area contributed by atoms with Crippen molar-refractivity contribution >= 4 is 16.9 Å². The molecule has 1 aromatic heterocycles. The fraction of sp³-hybridized carbons (Fsp3) is 0.250. The molecule has 0 bridgehead atoms. The van der Waals surface area contributed by atoms with E-state index in [2.05, 4.69) is 9.97 Å². The van der Waals surface area contributed by atoms with E-state index in [1.807, 2.05) is 0 Å². The first kappa shape index (κ1) is 12.1. The minimum atomic E-state index is -0.472. The molecule has 1 heterocycles. The van der Waals surface area contributed by atoms with E-state index in [1.165, 1.54) is 20.1 Å². The quantitative estimate of drug-likeness (QED) is 0.641. The standard InChI is InChI=1S/C12H12N2O4/c1-6-13-9-5-10(17-3)11(18-7(2)15)4-8(9)12(16)14-6/h4-5H,1-3H3,(H,13,14,16). The summed E-state index contributed by atoms with van der Waals surface area (Å²) in [5, 5.41) is 10.1. The summed E-state index contributed by atoms with van der Waals surface area (Å²) < 4.78 is 10.1. The summed E-state index contributed by atoms with van der Waals surface area (Å²) in [6.07, 6.45) is 0. The number of aryl methyl sites for hydroxylation is 1. The summed E-state index contributed by atoms with van der Waals surface area (Å²) in [5.74, 6) is 0.409. The third kappa shape index (κ3) is 2.17. The van der Waals surface area contributed by atoms with Crippen molar-refractivity contribution < 1.29 is 19.4 Å². The lowest BCUT2D eigenvalue weighted by atomic mass is 10.2. The number of benzene rings is 1. The second-order valence-corrected chi connectivity index (χ2v) is 3.71. The van der Waals surface area contributed by atoms with Crippen molar-refractivity contribution in [2.45, 2.75) is 13.8 Å². The van der Waals surface area contributed by atoms with Gasteiger partial charge in [-0.15, -0.1) is 0 Å². The van der Waals surface area contributed by atoms with E-state index in [-0.39, 0.29) is 11.6 Å². The molecule has 0 aliphatic rings. The number of ether oxygens (including phenoxy) is 2. The van der Waals surface area contributed by atoms with Gasteiger partial charge in [0.1, 0.15) is 5.82 Å². The van der Waals surface area contributed by atoms with Gasteiger partial charge in [0, 0.05) is 13.0 Å². The summed E-state index contributed by atoms with van der Waals surface area (Å²) in [7, 11) is 1.46. The summed E-state index contributed by atoms with van der Waals surface area (Å²) in [4.78, 5) is 19.0. The Morgan fingerprint density at radius 1 is 1.28 bits per heavy atom. The largest absolute Gasteiger partial charge is 0.493 e. The van der Waals surface area contributed by atoms with Gasteiger partial charge in [0.25, 0.3) is 0 Å². The number of aromatic hydroxyl groups is 1. The van der Waals surface area contributed by atoms with E-state index in [9.17, 15) is 9.90 Å². The highest BCUT2D eigenvalue weighted by atomic mass is 16.6. The monoisotopic (exact) mass is 248 g/mol. The second kappa shape index (κ2) is 4.48. The van der Waals surface area contributed by atoms with E-state index in [0.717, 1.165) is 0 Å². The maximum Gasteiger partial charge on any atom is 0.308 e. The van der Waals surface area contributed by atoms with Crippen molar-refractivity contribution in [2.75, 3.05) is 7.11 Å². The third-order valence-corrected chi connectivity index (χ3v) is 2.33. The molecule has 2 rings (SSSR count). The van der Waals surface area contributed by atoms with Gasteiger partial charge in [-0.1, -0.05) is 0 Å². The zero-order valence-electron chi connectivity index (χ0n) is 10.2. The van der Waals surface area contributed by atoms with Crippen LogP contribution in [0.2, 0.25) is 0 Å². The first-order valence-electron chi connectivity index (χ1n) is 5.25. The smallest absolute Gasteiger partial charge is 0.308 e. The number of nitrogens with zero attached hydrogens (tertiary/aromatic N) is 2. The topological polar surface area (TPSA) is 81.5 Å². The molecule has 0 saturated carbocycles. The Hall–Kier alpha value is -2.37. The third-order valence-electron chi connectivity index (χ3n) is 2.33. The number of esters is 1. The average Bonchev–Trinajstić information content (AvgIpc) is 2.28. The van der Waals surface area contributed by atoms with Crippen molar-refractivity contribution in [2.24, 2.45) is 0 Å². The Bertz CT molecular complexity index is 625. The van der Waals surface area contributed by atoms with Crippen LogP contribution in [0, 0.1) is 6.92 Å². The van der Waals surface area contributed by atoms with Crippen LogP contribution >= 0.6 is 0 Å². The summed E-state index contributed by atoms with van der Waals surface area (Å²) in [6.45, 7) is 2.96. The number of fused-ring (bicyclic) bond motifs is 1. The molecule has 1 aromatic carbocycles. The highest BCUT2D eigenvalue weighted by Gasteiger charge is 2.13. The lowest BCUT2D eigenvalue weighted by Gasteiger charge is -2.10. The van der Waals surface area contributed by atoms with Gasteiger partial charge in [-0.05, 0) is 13.0 Å². The molecule has 6 nitrogen and oxygen atoms in total. The number of carbonyl (C=O) groups excluding carboxylic acids is 1. The Kier molecular flexibility index (Phi) is 3.01. The Morgan fingerprint density at radius 2 is 2.00 bits per heavy atom. The first-order valence-corrected chi connectivity index (χ1v) is 5.25. The normalized spacial score (nSPS) is 10.4. The van der Waals surface area contributed by atoms with Crippen LogP contribution in [-0.4, -0.2) is 28.2 Å². The zero-order chi connectivity index (χ0) is 13.3. The van der Waals surface area contributed by atoms with Crippen molar-refractivity contribution in [3.05, 3.63) is 18.0 Å². The van der Waals surface area contributed by atoms with Crippen molar-refractivity contribution in [1.82, 2.24) is 9.97 Å². The Balaban J connectivity index is 2.68. The molecule has 0 aliphatic carbocycles. The lowest BCUT2D eigenvalue weighted by molar-refractivity contribution is -0.132. The van der Waals surface area contributed by atoms with E-state index in [0.29, 0.717) is 22.5 Å². The summed E-state index contributed by atoms with van der Waals surface area (Å²) in [5.41, 5.74) is 0.521. The molecule has 2 aromatic rings. The zero-order valence-corrected chi connectivity index (χ0v) is 10.2. The predicted molar refractivity (Wildman–Crippen MR) is 63.8 cm³/mol. The Labute approximate surface area is 103 Å². The lowest BCUT2D eigenvalue weighted by Crippen LogP contribution is -2.03. The summed E-state index contributed by atoms with van der Waals surface area (Å²) in [6, 6.07) is 3.06. The van der Waals surface area contributed by atoms with Crippen LogP contribution in [0.15, 0.2) is 12.1 Å². The van der Waals surface area contributed by atoms with E-state index >= 15 is 0 Å². The van der Waals surface area contributed by atoms with Gasteiger partial charge in [-0.2, -0.15) is 4.98 Å². The molecule has 0 spiro atoms. The minimum absolute atomic E-state index is 0.159. The average molecular weight is 248 g/mol. The number of hydrogen-bond acceptors (Lipinski definition) is 6. The molecule has 0 unspecified atom stereocenters. The molecule has 0 aliphatic heterocycles. The number of carbonyl (C=O) groups is 1. The Morgan fingerprint density at radius 3 is 2.61 bits per heavy atom. The van der Waals surface area contributed by atoms with Gasteiger partial charge in [0.15, 0.2) is 11.5 Å². The molecule has 0 amide bonds. The van der Waals surface area contributed by atoms with Gasteiger partial charge in [-0.25, -0.2) is 4.98 Å². The minimum Gasteiger partial charge on any atom is -0.493 e. The van der Waals surface area contributed by atoms with Crippen LogP contribution < -0.4 is 9.47 Å². The van der Waals surface area contributed by atoms with Gasteiger partial charge < -0.3 is 14.6 Å². The van der Waals surface area contributed by atoms with Gasteiger partial charge in [0.2, 0.25) is 5.88 Å². The van der Waals surface area contributed by atoms with Gasteiger partial charge in [-0.3, -0.25) is 4.79 Å². The maximum atomic E-state index is 11.0. The SMILES string of the molecule is COc1cc2nc(C)nc(O)c2cc1OC(C)=O. The van der Waals surface area contributed by atoms with Gasteiger partial charge in [0.05, 0.1) is 18.0 Å². The van der Waals surface area contributed by atoms with Crippen LogP contribution in [0.25, 0.3) is 10.9 Å². The molecule has 0 radical (unpaired) electrons. The highest BCUT2D eigenvalue weighted by Crippen LogP contribution is 2.34. The molecule has 0 fully saturated rings. The second-order valence-electron chi connectivity index (χ2n) is 3.71. The number of hydrogen-bond donors (Lipinski definition) is 1. The molecule has 94 valence electrons. The fourth-order valence-electron chi connectivity index (χ4n) is 1.63. The van der Waals surface area contributed by atoms with Crippen LogP contribution in [0.5, 0.6) is 17.4 Å². The number of aromatic nitrogens is 2. The van der Waals surface area contributed by atoms with E-state index in [1.54, 1.807) is 13.0 Å². The van der Waals surface area contributed by atoms with Crippen molar-refractivity contribution in [3.8, 4) is 17.4 Å². The number of methoxy groups -OCH3 is 1. The van der Waals surface area contributed by atoms with Gasteiger partial charge >= 0.3 is 5.97 Å². The van der Waals surface area contributed by atoms with Crippen LogP contribution in [0.1, 0.15) is 12.7 Å². The number of rotatable bonds is 2. The van der Waals surface area contributed by atoms with E-state index < -0.39 is 5.97 Å². The molecule has 0 saturated heterocycles. The maximum absolute atomic E-state index is 11.0. The van der Waals surface area contributed by atoms with E-state index in [4.69, 9.17) is 9.47 Å². The molecule has 0 atom stereocenters. The van der Waals surface area contributed by atoms with Crippen LogP contribution in [0.4, 0.5) is 0 Å². The molecular weight excluding hydrogens is 236 g/mol. The molecule has 1 N–H and O–H groups in total. The van der Waals surface area contributed by atoms with Crippen LogP contribution in [0.3, 0.4) is 0 Å². The van der Waals surface area contributed by atoms with Crippen molar-refractivity contribution in [1.29, 1.82) is 0 Å². The summed E-state index contributed by atoms with van der Waals surface area (Å²) >= 11 is 0. The predicted octanol–water partition coefficient (Wildman–Crippen LogP) is 1.58. The van der Waals surface area contributed by atoms with Crippen molar-refractivity contribution in [3.63, 3.8) is 0 Å². The molecule has 18 heavy (non-hydrogen) atoms. The first-order chi connectivity index (χ1) is 8.51. The highest BCUT2D eigenvalue weighted by molar-refractivity contribution is 5.87. The fourth-order valence-corrected chi connectivity index (χ4v) is 1.63. The van der Waals surface area contributed by atoms with Crippen LogP contribution in [-0.2, 0) is 4.79 Å². The molecular formula is C12H12N2O4. The molecule has 6 heteroatoms.